The minimum absolute atomic E-state index is 0.126. The summed E-state index contributed by atoms with van der Waals surface area (Å²) < 4.78 is 10.5. The molecule has 1 atom stereocenters. The number of nitrogens with zero attached hydrogens (tertiary/aromatic N) is 2. The Balaban J connectivity index is 2.06. The molecule has 2 rings (SSSR count). The first-order valence-corrected chi connectivity index (χ1v) is 7.53. The van der Waals surface area contributed by atoms with Crippen molar-refractivity contribution < 1.29 is 14.3 Å². The molecule has 22 heavy (non-hydrogen) atoms. The third kappa shape index (κ3) is 3.70. The lowest BCUT2D eigenvalue weighted by atomic mass is 10.1. The maximum absolute atomic E-state index is 12.2. The van der Waals surface area contributed by atoms with Gasteiger partial charge in [-0.05, 0) is 31.5 Å². The van der Waals surface area contributed by atoms with E-state index in [0.29, 0.717) is 16.1 Å². The van der Waals surface area contributed by atoms with Crippen LogP contribution in [0, 0.1) is 18.3 Å². The van der Waals surface area contributed by atoms with Crippen LogP contribution in [-0.4, -0.2) is 18.1 Å². The molecule has 5 nitrogen and oxygen atoms in total. The van der Waals surface area contributed by atoms with Gasteiger partial charge in [0.25, 0.3) is 0 Å². The van der Waals surface area contributed by atoms with E-state index in [2.05, 4.69) is 11.1 Å². The summed E-state index contributed by atoms with van der Waals surface area (Å²) in [5.74, 6) is -0.410. The van der Waals surface area contributed by atoms with Gasteiger partial charge in [-0.15, -0.1) is 11.3 Å². The molecule has 0 aliphatic carbocycles. The number of aromatic nitrogens is 1. The molecule has 0 radical (unpaired) electrons. The van der Waals surface area contributed by atoms with Crippen molar-refractivity contribution in [3.8, 4) is 6.07 Å². The summed E-state index contributed by atoms with van der Waals surface area (Å²) >= 11 is 1.28. The lowest BCUT2D eigenvalue weighted by Crippen LogP contribution is -2.05. The molecule has 1 aromatic carbocycles. The molecule has 114 valence electrons. The normalized spacial score (nSPS) is 11.7. The first kappa shape index (κ1) is 16.1. The van der Waals surface area contributed by atoms with E-state index in [9.17, 15) is 4.79 Å². The molecular weight excluding hydrogens is 300 g/mol. The average molecular weight is 316 g/mol. The molecular formula is C16H16N2O3S. The molecule has 0 N–H and O–H groups in total. The maximum atomic E-state index is 12.2. The van der Waals surface area contributed by atoms with E-state index in [0.717, 1.165) is 10.6 Å². The van der Waals surface area contributed by atoms with Gasteiger partial charge in [-0.3, -0.25) is 0 Å². The molecule has 1 aromatic heterocycles. The SMILES string of the molecule is CO[C@H](C)c1nc(C)c(C(=O)OCc2cccc(C#N)c2)s1. The zero-order valence-corrected chi connectivity index (χ0v) is 13.4. The molecule has 0 saturated heterocycles. The second-order valence-corrected chi connectivity index (χ2v) is 5.76. The zero-order valence-electron chi connectivity index (χ0n) is 12.6. The third-order valence-corrected chi connectivity index (χ3v) is 4.42. The van der Waals surface area contributed by atoms with Gasteiger partial charge in [0.1, 0.15) is 22.6 Å². The van der Waals surface area contributed by atoms with Crippen molar-refractivity contribution >= 4 is 17.3 Å². The number of hydrogen-bond donors (Lipinski definition) is 0. The Bertz CT molecular complexity index is 718. The smallest absolute Gasteiger partial charge is 0.350 e. The summed E-state index contributed by atoms with van der Waals surface area (Å²) in [6.07, 6.45) is -0.155. The van der Waals surface area contributed by atoms with Crippen LogP contribution >= 0.6 is 11.3 Å². The van der Waals surface area contributed by atoms with Gasteiger partial charge in [0.05, 0.1) is 17.3 Å². The molecule has 0 saturated carbocycles. The summed E-state index contributed by atoms with van der Waals surface area (Å²) in [7, 11) is 1.60. The highest BCUT2D eigenvalue weighted by Gasteiger charge is 2.19. The number of ether oxygens (including phenoxy) is 2. The van der Waals surface area contributed by atoms with E-state index in [1.165, 1.54) is 11.3 Å². The van der Waals surface area contributed by atoms with Gasteiger partial charge in [0.2, 0.25) is 0 Å². The monoisotopic (exact) mass is 316 g/mol. The number of nitriles is 1. The van der Waals surface area contributed by atoms with Crippen LogP contribution in [0.15, 0.2) is 24.3 Å². The van der Waals surface area contributed by atoms with Crippen molar-refractivity contribution in [3.63, 3.8) is 0 Å². The third-order valence-electron chi connectivity index (χ3n) is 3.13. The molecule has 0 bridgehead atoms. The number of esters is 1. The predicted octanol–water partition coefficient (Wildman–Crippen LogP) is 3.39. The fourth-order valence-electron chi connectivity index (χ4n) is 1.83. The molecule has 0 fully saturated rings. The fraction of sp³-hybridized carbons (Fsp3) is 0.312. The van der Waals surface area contributed by atoms with E-state index in [1.807, 2.05) is 13.0 Å². The van der Waals surface area contributed by atoms with E-state index >= 15 is 0 Å². The first-order valence-electron chi connectivity index (χ1n) is 6.71. The molecule has 1 heterocycles. The molecule has 6 heteroatoms. The van der Waals surface area contributed by atoms with Crippen LogP contribution in [0.4, 0.5) is 0 Å². The van der Waals surface area contributed by atoms with Crippen molar-refractivity contribution in [2.24, 2.45) is 0 Å². The van der Waals surface area contributed by atoms with E-state index in [4.69, 9.17) is 14.7 Å². The van der Waals surface area contributed by atoms with Gasteiger partial charge in [-0.1, -0.05) is 12.1 Å². The minimum atomic E-state index is -0.410. The number of methoxy groups -OCH3 is 1. The van der Waals surface area contributed by atoms with E-state index in [1.54, 1.807) is 32.2 Å². The molecule has 2 aromatic rings. The largest absolute Gasteiger partial charge is 0.457 e. The van der Waals surface area contributed by atoms with Gasteiger partial charge in [-0.2, -0.15) is 5.26 Å². The Labute approximate surface area is 133 Å². The Hall–Kier alpha value is -2.23. The lowest BCUT2D eigenvalue weighted by Gasteiger charge is -2.04. The van der Waals surface area contributed by atoms with Crippen LogP contribution in [0.3, 0.4) is 0 Å². The number of carbonyl (C=O) groups excluding carboxylic acids is 1. The van der Waals surface area contributed by atoms with Crippen LogP contribution in [0.25, 0.3) is 0 Å². The van der Waals surface area contributed by atoms with Crippen LogP contribution in [0.2, 0.25) is 0 Å². The summed E-state index contributed by atoms with van der Waals surface area (Å²) in [6.45, 7) is 3.77. The zero-order chi connectivity index (χ0) is 16.1. The Morgan fingerprint density at radius 3 is 2.95 bits per heavy atom. The van der Waals surface area contributed by atoms with Crippen LogP contribution in [0.5, 0.6) is 0 Å². The highest BCUT2D eigenvalue weighted by molar-refractivity contribution is 7.13. The minimum Gasteiger partial charge on any atom is -0.457 e. The molecule has 0 aliphatic rings. The van der Waals surface area contributed by atoms with Crippen molar-refractivity contribution in [3.05, 3.63) is 51.0 Å². The maximum Gasteiger partial charge on any atom is 0.350 e. The van der Waals surface area contributed by atoms with Crippen LogP contribution in [-0.2, 0) is 16.1 Å². The Morgan fingerprint density at radius 2 is 2.27 bits per heavy atom. The highest BCUT2D eigenvalue weighted by atomic mass is 32.1. The van der Waals surface area contributed by atoms with Crippen LogP contribution in [0.1, 0.15) is 44.5 Å². The molecule has 0 spiro atoms. The fourth-order valence-corrected chi connectivity index (χ4v) is 2.82. The van der Waals surface area contributed by atoms with Gasteiger partial charge < -0.3 is 9.47 Å². The molecule has 0 aliphatic heterocycles. The first-order chi connectivity index (χ1) is 10.5. The van der Waals surface area contributed by atoms with Crippen LogP contribution < -0.4 is 0 Å². The van der Waals surface area contributed by atoms with Gasteiger partial charge in [0.15, 0.2) is 0 Å². The Morgan fingerprint density at radius 1 is 1.50 bits per heavy atom. The van der Waals surface area contributed by atoms with Gasteiger partial charge >= 0.3 is 5.97 Å². The number of hydrogen-bond acceptors (Lipinski definition) is 6. The summed E-state index contributed by atoms with van der Waals surface area (Å²) in [4.78, 5) is 17.0. The highest BCUT2D eigenvalue weighted by Crippen LogP contribution is 2.26. The standard InChI is InChI=1S/C16H16N2O3S/c1-10-14(22-15(18-10)11(2)20-3)16(19)21-9-13-6-4-5-12(7-13)8-17/h4-7,11H,9H2,1-3H3/t11-/m1/s1. The topological polar surface area (TPSA) is 72.2 Å². The summed E-state index contributed by atoms with van der Waals surface area (Å²) in [5.41, 5.74) is 1.96. The second kappa shape index (κ2) is 7.16. The quantitative estimate of drug-likeness (QED) is 0.791. The van der Waals surface area contributed by atoms with Gasteiger partial charge in [-0.25, -0.2) is 9.78 Å². The summed E-state index contributed by atoms with van der Waals surface area (Å²) in [5, 5.41) is 9.60. The number of rotatable bonds is 5. The molecule has 0 unspecified atom stereocenters. The van der Waals surface area contributed by atoms with Crippen molar-refractivity contribution in [2.45, 2.75) is 26.6 Å². The number of benzene rings is 1. The Kier molecular flexibility index (Phi) is 5.26. The van der Waals surface area contributed by atoms with Gasteiger partial charge in [0, 0.05) is 7.11 Å². The van der Waals surface area contributed by atoms with Crippen molar-refractivity contribution in [2.75, 3.05) is 7.11 Å². The number of carbonyl (C=O) groups is 1. The number of aryl methyl sites for hydroxylation is 1. The summed E-state index contributed by atoms with van der Waals surface area (Å²) in [6, 6.07) is 9.03. The average Bonchev–Trinajstić information content (AvgIpc) is 2.94. The molecule has 0 amide bonds. The van der Waals surface area contributed by atoms with E-state index in [-0.39, 0.29) is 12.7 Å². The predicted molar refractivity (Wildman–Crippen MR) is 82.6 cm³/mol. The van der Waals surface area contributed by atoms with Crippen molar-refractivity contribution in [1.29, 1.82) is 5.26 Å². The van der Waals surface area contributed by atoms with E-state index < -0.39 is 5.97 Å². The second-order valence-electron chi connectivity index (χ2n) is 4.73. The lowest BCUT2D eigenvalue weighted by molar-refractivity contribution is 0.0477. The number of thiazole rings is 1. The van der Waals surface area contributed by atoms with Crippen molar-refractivity contribution in [1.82, 2.24) is 4.98 Å².